The normalized spacial score (nSPS) is 15.5. The molecule has 0 saturated heterocycles. The monoisotopic (exact) mass is 441 g/mol. The van der Waals surface area contributed by atoms with Crippen LogP contribution in [0.4, 0.5) is 0 Å². The van der Waals surface area contributed by atoms with Crippen LogP contribution in [-0.2, 0) is 17.8 Å². The largest absolute Gasteiger partial charge is 0.468 e. The van der Waals surface area contributed by atoms with Crippen molar-refractivity contribution < 1.29 is 9.47 Å². The number of thiophene rings is 1. The van der Waals surface area contributed by atoms with Gasteiger partial charge in [-0.3, -0.25) is 4.79 Å². The summed E-state index contributed by atoms with van der Waals surface area (Å²) < 4.78 is 13.5. The zero-order chi connectivity index (χ0) is 21.2. The van der Waals surface area contributed by atoms with Crippen molar-refractivity contribution in [3.8, 4) is 11.7 Å². The van der Waals surface area contributed by atoms with Crippen molar-refractivity contribution in [2.75, 3.05) is 7.11 Å². The van der Waals surface area contributed by atoms with Gasteiger partial charge in [-0.2, -0.15) is 4.98 Å². The first-order valence-corrected chi connectivity index (χ1v) is 10.8. The van der Waals surface area contributed by atoms with Gasteiger partial charge in [-0.25, -0.2) is 9.55 Å². The molecule has 0 unspecified atom stereocenters. The van der Waals surface area contributed by atoms with Gasteiger partial charge in [0.2, 0.25) is 0 Å². The number of aryl methyl sites for hydroxylation is 1. The first-order valence-electron chi connectivity index (χ1n) is 9.60. The van der Waals surface area contributed by atoms with Gasteiger partial charge in [0.25, 0.3) is 5.56 Å². The van der Waals surface area contributed by atoms with Crippen LogP contribution in [-0.4, -0.2) is 27.2 Å². The summed E-state index contributed by atoms with van der Waals surface area (Å²) in [6, 6.07) is 7.30. The maximum Gasteiger partial charge on any atom is 0.304 e. The van der Waals surface area contributed by atoms with Gasteiger partial charge in [0, 0.05) is 28.1 Å². The van der Waals surface area contributed by atoms with Crippen molar-refractivity contribution >= 4 is 43.4 Å². The number of benzene rings is 1. The van der Waals surface area contributed by atoms with Crippen LogP contribution >= 0.6 is 22.9 Å². The fraction of sp³-hybridized carbons (Fsp3) is 0.318. The highest BCUT2D eigenvalue weighted by Crippen LogP contribution is 2.40. The van der Waals surface area contributed by atoms with Crippen molar-refractivity contribution in [3.63, 3.8) is 0 Å². The lowest BCUT2D eigenvalue weighted by Gasteiger charge is -2.32. The third kappa shape index (κ3) is 2.92. The van der Waals surface area contributed by atoms with Crippen LogP contribution in [0.15, 0.2) is 29.1 Å². The summed E-state index contributed by atoms with van der Waals surface area (Å²) in [5.41, 5.74) is 3.94. The minimum atomic E-state index is -0.290. The number of rotatable bonds is 2. The first kappa shape index (κ1) is 19.5. The highest BCUT2D eigenvalue weighted by molar-refractivity contribution is 7.25. The average Bonchev–Trinajstić information content (AvgIpc) is 3.05. The Morgan fingerprint density at radius 1 is 1.27 bits per heavy atom. The van der Waals surface area contributed by atoms with E-state index in [0.717, 1.165) is 33.5 Å². The van der Waals surface area contributed by atoms with E-state index in [1.54, 1.807) is 24.3 Å². The molecule has 1 aromatic carbocycles. The van der Waals surface area contributed by atoms with Crippen LogP contribution < -0.4 is 10.3 Å². The van der Waals surface area contributed by atoms with Crippen LogP contribution in [0, 0.1) is 6.92 Å². The zero-order valence-corrected chi connectivity index (χ0v) is 18.6. The van der Waals surface area contributed by atoms with Gasteiger partial charge in [-0.1, -0.05) is 17.7 Å². The molecular weight excluding hydrogens is 422 g/mol. The molecular formula is C22H20ClN3O3S. The van der Waals surface area contributed by atoms with E-state index in [1.807, 2.05) is 6.92 Å². The Bertz CT molecular complexity index is 1390. The molecule has 4 aromatic rings. The molecule has 5 rings (SSSR count). The fourth-order valence-electron chi connectivity index (χ4n) is 4.05. The summed E-state index contributed by atoms with van der Waals surface area (Å²) >= 11 is 7.52. The van der Waals surface area contributed by atoms with Gasteiger partial charge in [-0.05, 0) is 44.5 Å². The Labute approximate surface area is 182 Å². The van der Waals surface area contributed by atoms with Gasteiger partial charge < -0.3 is 9.47 Å². The van der Waals surface area contributed by atoms with Crippen LogP contribution in [0.5, 0.6) is 6.01 Å². The Morgan fingerprint density at radius 2 is 2.07 bits per heavy atom. The molecule has 30 heavy (non-hydrogen) atoms. The minimum absolute atomic E-state index is 0.195. The topological polar surface area (TPSA) is 66.2 Å². The van der Waals surface area contributed by atoms with Gasteiger partial charge in [0.15, 0.2) is 0 Å². The van der Waals surface area contributed by atoms with E-state index in [4.69, 9.17) is 31.0 Å². The molecule has 1 aliphatic rings. The number of ether oxygens (including phenoxy) is 2. The van der Waals surface area contributed by atoms with Crippen LogP contribution in [0.25, 0.3) is 26.1 Å². The smallest absolute Gasteiger partial charge is 0.304 e. The molecule has 0 radical (unpaired) electrons. The quantitative estimate of drug-likeness (QED) is 0.446. The van der Waals surface area contributed by atoms with E-state index < -0.39 is 0 Å². The zero-order valence-electron chi connectivity index (χ0n) is 17.1. The highest BCUT2D eigenvalue weighted by Gasteiger charge is 2.31. The SMILES string of the molecule is COc1nc2c(sc3nc(C)c4c(c32)CC(C)(C)OC4)c(=O)n1-c1cccc(Cl)c1. The van der Waals surface area contributed by atoms with Crippen LogP contribution in [0.2, 0.25) is 5.02 Å². The summed E-state index contributed by atoms with van der Waals surface area (Å²) in [4.78, 5) is 23.9. The van der Waals surface area contributed by atoms with E-state index in [9.17, 15) is 4.79 Å². The van der Waals surface area contributed by atoms with Crippen molar-refractivity contribution in [1.29, 1.82) is 0 Å². The second-order valence-corrected chi connectivity index (χ2v) is 9.49. The molecule has 4 heterocycles. The molecule has 1 aliphatic heterocycles. The van der Waals surface area contributed by atoms with Crippen molar-refractivity contribution in [2.45, 2.75) is 39.4 Å². The molecule has 0 atom stereocenters. The molecule has 0 N–H and O–H groups in total. The minimum Gasteiger partial charge on any atom is -0.468 e. The third-order valence-corrected chi connectivity index (χ3v) is 6.79. The lowest BCUT2D eigenvalue weighted by atomic mass is 9.89. The average molecular weight is 442 g/mol. The van der Waals surface area contributed by atoms with E-state index >= 15 is 0 Å². The number of hydrogen-bond acceptors (Lipinski definition) is 6. The Hall–Kier alpha value is -2.48. The third-order valence-electron chi connectivity index (χ3n) is 5.49. The molecule has 8 heteroatoms. The fourth-order valence-corrected chi connectivity index (χ4v) is 5.35. The predicted molar refractivity (Wildman–Crippen MR) is 119 cm³/mol. The lowest BCUT2D eigenvalue weighted by molar-refractivity contribution is -0.0400. The maximum absolute atomic E-state index is 13.5. The summed E-state index contributed by atoms with van der Waals surface area (Å²) in [6.07, 6.45) is 0.732. The number of pyridine rings is 1. The number of hydrogen-bond donors (Lipinski definition) is 0. The number of halogens is 1. The lowest BCUT2D eigenvalue weighted by Crippen LogP contribution is -2.32. The van der Waals surface area contributed by atoms with Gasteiger partial charge in [0.1, 0.15) is 15.0 Å². The molecule has 0 aliphatic carbocycles. The van der Waals surface area contributed by atoms with E-state index in [2.05, 4.69) is 13.8 Å². The number of aromatic nitrogens is 3. The number of fused-ring (bicyclic) bond motifs is 5. The molecule has 0 spiro atoms. The first-order chi connectivity index (χ1) is 14.3. The molecule has 154 valence electrons. The number of nitrogens with zero attached hydrogens (tertiary/aromatic N) is 3. The van der Waals surface area contributed by atoms with E-state index in [1.165, 1.54) is 23.0 Å². The molecule has 0 amide bonds. The number of methoxy groups -OCH3 is 1. The molecule has 0 bridgehead atoms. The standard InChI is InChI=1S/C22H20ClN3O3S/c1-11-15-10-29-22(2,3)9-14(15)16-17-18(30-19(16)24-11)20(27)26(21(25-17)28-4)13-7-5-6-12(23)8-13/h5-8H,9-10H2,1-4H3. The Morgan fingerprint density at radius 3 is 2.80 bits per heavy atom. The van der Waals surface area contributed by atoms with Gasteiger partial charge in [-0.15, -0.1) is 11.3 Å². The second-order valence-electron chi connectivity index (χ2n) is 8.06. The Balaban J connectivity index is 1.89. The molecule has 6 nitrogen and oxygen atoms in total. The summed E-state index contributed by atoms with van der Waals surface area (Å²) in [5, 5.41) is 1.46. The second kappa shape index (κ2) is 6.77. The Kier molecular flexibility index (Phi) is 4.39. The summed E-state index contributed by atoms with van der Waals surface area (Å²) in [7, 11) is 1.51. The molecule has 0 saturated carbocycles. The van der Waals surface area contributed by atoms with Crippen molar-refractivity contribution in [3.05, 3.63) is 56.5 Å². The van der Waals surface area contributed by atoms with Gasteiger partial charge in [0.05, 0.1) is 25.0 Å². The van der Waals surface area contributed by atoms with Crippen LogP contribution in [0.1, 0.15) is 30.7 Å². The highest BCUT2D eigenvalue weighted by atomic mass is 35.5. The van der Waals surface area contributed by atoms with Crippen LogP contribution in [0.3, 0.4) is 0 Å². The maximum atomic E-state index is 13.5. The summed E-state index contributed by atoms with van der Waals surface area (Å²) in [6.45, 7) is 6.65. The van der Waals surface area contributed by atoms with E-state index in [0.29, 0.717) is 27.5 Å². The van der Waals surface area contributed by atoms with Crippen molar-refractivity contribution in [2.24, 2.45) is 0 Å². The summed E-state index contributed by atoms with van der Waals surface area (Å²) in [5.74, 6) is 0. The van der Waals surface area contributed by atoms with E-state index in [-0.39, 0.29) is 17.2 Å². The predicted octanol–water partition coefficient (Wildman–Crippen LogP) is 4.82. The van der Waals surface area contributed by atoms with Crippen molar-refractivity contribution in [1.82, 2.24) is 14.5 Å². The molecule has 3 aromatic heterocycles. The van der Waals surface area contributed by atoms with Gasteiger partial charge >= 0.3 is 6.01 Å². The molecule has 0 fully saturated rings.